The van der Waals surface area contributed by atoms with E-state index in [2.05, 4.69) is 23.4 Å². The lowest BCUT2D eigenvalue weighted by Gasteiger charge is -1.93. The van der Waals surface area contributed by atoms with Crippen molar-refractivity contribution < 1.29 is 5.11 Å². The van der Waals surface area contributed by atoms with E-state index in [0.29, 0.717) is 0 Å². The molecule has 0 aliphatic rings. The van der Waals surface area contributed by atoms with Crippen molar-refractivity contribution in [1.29, 1.82) is 0 Å². The lowest BCUT2D eigenvalue weighted by Crippen LogP contribution is -1.69. The van der Waals surface area contributed by atoms with E-state index in [0.717, 1.165) is 5.56 Å². The minimum atomic E-state index is 0.285. The molecule has 0 heterocycles. The Morgan fingerprint density at radius 3 is 2.08 bits per heavy atom. The molecule has 0 saturated heterocycles. The van der Waals surface area contributed by atoms with Crippen LogP contribution < -0.4 is 0 Å². The third-order valence-corrected chi connectivity index (χ3v) is 1.16. The Kier molecular flexibility index (Phi) is 5.74. The molecule has 0 atom stereocenters. The lowest BCUT2D eigenvalue weighted by atomic mass is 10.2. The summed E-state index contributed by atoms with van der Waals surface area (Å²) < 4.78 is 0. The molecule has 0 spiro atoms. The number of aromatic hydroxyl groups is 1. The first-order valence-electron chi connectivity index (χ1n) is 3.44. The number of phenolic OH excluding ortho intramolecular Hbond substituents is 1. The second kappa shape index (κ2) is 6.43. The molecule has 0 bridgehead atoms. The molecular formula is C10H11OSi. The van der Waals surface area contributed by atoms with Crippen molar-refractivity contribution in [3.05, 3.63) is 48.7 Å². The van der Waals surface area contributed by atoms with Crippen molar-refractivity contribution in [1.82, 2.24) is 0 Å². The van der Waals surface area contributed by atoms with Gasteiger partial charge in [0.05, 0.1) is 10.2 Å². The molecule has 1 aromatic carbocycles. The van der Waals surface area contributed by atoms with E-state index in [4.69, 9.17) is 5.11 Å². The Morgan fingerprint density at radius 2 is 1.75 bits per heavy atom. The van der Waals surface area contributed by atoms with Gasteiger partial charge >= 0.3 is 0 Å². The molecule has 1 rings (SSSR count). The van der Waals surface area contributed by atoms with E-state index in [-0.39, 0.29) is 5.75 Å². The normalized spacial score (nSPS) is 7.75. The molecule has 0 amide bonds. The zero-order chi connectivity index (χ0) is 9.40. The van der Waals surface area contributed by atoms with E-state index in [1.165, 1.54) is 0 Å². The Morgan fingerprint density at radius 1 is 1.25 bits per heavy atom. The van der Waals surface area contributed by atoms with Gasteiger partial charge in [-0.3, -0.25) is 0 Å². The Hall–Kier alpha value is -1.28. The molecule has 0 saturated carbocycles. The van der Waals surface area contributed by atoms with Gasteiger partial charge in [-0.15, -0.1) is 12.3 Å². The highest BCUT2D eigenvalue weighted by Gasteiger charge is 1.89. The van der Waals surface area contributed by atoms with Gasteiger partial charge in [0.25, 0.3) is 0 Å². The topological polar surface area (TPSA) is 20.2 Å². The zero-order valence-corrected chi connectivity index (χ0v) is 7.83. The fourth-order valence-electron chi connectivity index (χ4n) is 0.660. The molecule has 2 heteroatoms. The number of benzene rings is 1. The van der Waals surface area contributed by atoms with Gasteiger partial charge in [0.2, 0.25) is 0 Å². The Balaban J connectivity index is 0.000000354. The summed E-state index contributed by atoms with van der Waals surface area (Å²) in [6, 6.07) is 7.08. The van der Waals surface area contributed by atoms with Crippen molar-refractivity contribution in [2.24, 2.45) is 0 Å². The van der Waals surface area contributed by atoms with Crippen molar-refractivity contribution in [3.8, 4) is 5.75 Å². The van der Waals surface area contributed by atoms with Gasteiger partial charge in [0.1, 0.15) is 5.75 Å². The quantitative estimate of drug-likeness (QED) is 0.649. The number of phenols is 1. The SMILES string of the molecule is C=C[Si].C=Cc1ccccc1O. The number of rotatable bonds is 1. The molecule has 3 radical (unpaired) electrons. The summed E-state index contributed by atoms with van der Waals surface area (Å²) in [6.07, 6.45) is 1.62. The first-order chi connectivity index (χ1) is 5.76. The van der Waals surface area contributed by atoms with Crippen molar-refractivity contribution in [3.63, 3.8) is 0 Å². The van der Waals surface area contributed by atoms with E-state index >= 15 is 0 Å². The monoisotopic (exact) mass is 175 g/mol. The van der Waals surface area contributed by atoms with Crippen LogP contribution in [0.25, 0.3) is 6.08 Å². The first kappa shape index (κ1) is 10.7. The maximum Gasteiger partial charge on any atom is 0.122 e. The Labute approximate surface area is 76.5 Å². The zero-order valence-electron chi connectivity index (χ0n) is 6.83. The van der Waals surface area contributed by atoms with Crippen LogP contribution >= 0.6 is 0 Å². The van der Waals surface area contributed by atoms with E-state index < -0.39 is 0 Å². The highest BCUT2D eigenvalue weighted by Crippen LogP contribution is 2.15. The minimum absolute atomic E-state index is 0.285. The van der Waals surface area contributed by atoms with Crippen LogP contribution in [0.2, 0.25) is 0 Å². The van der Waals surface area contributed by atoms with Gasteiger partial charge in [-0.1, -0.05) is 30.9 Å². The molecular weight excluding hydrogens is 164 g/mol. The summed E-state index contributed by atoms with van der Waals surface area (Å²) in [5.74, 6) is 0.285. The van der Waals surface area contributed by atoms with Crippen LogP contribution in [0.4, 0.5) is 0 Å². The number of hydrogen-bond donors (Lipinski definition) is 1. The van der Waals surface area contributed by atoms with E-state index in [1.54, 1.807) is 23.9 Å². The summed E-state index contributed by atoms with van der Waals surface area (Å²) in [7, 11) is 2.95. The van der Waals surface area contributed by atoms with E-state index in [1.807, 2.05) is 12.1 Å². The molecule has 1 nitrogen and oxygen atoms in total. The second-order valence-corrected chi connectivity index (χ2v) is 2.38. The highest BCUT2D eigenvalue weighted by atomic mass is 28.1. The molecule has 0 unspecified atom stereocenters. The lowest BCUT2D eigenvalue weighted by molar-refractivity contribution is 0.474. The molecule has 12 heavy (non-hydrogen) atoms. The average molecular weight is 175 g/mol. The Bertz CT molecular complexity index is 256. The van der Waals surface area contributed by atoms with Crippen LogP contribution in [0.5, 0.6) is 5.75 Å². The molecule has 0 aromatic heterocycles. The molecule has 0 aliphatic heterocycles. The van der Waals surface area contributed by atoms with Gasteiger partial charge in [-0.2, -0.15) is 0 Å². The average Bonchev–Trinajstić information content (AvgIpc) is 2.07. The molecule has 0 fully saturated rings. The van der Waals surface area contributed by atoms with Gasteiger partial charge in [-0.05, 0) is 6.07 Å². The van der Waals surface area contributed by atoms with Gasteiger partial charge in [0, 0.05) is 5.56 Å². The third kappa shape index (κ3) is 3.78. The summed E-state index contributed by atoms with van der Waals surface area (Å²) in [5, 5.41) is 9.04. The smallest absolute Gasteiger partial charge is 0.122 e. The summed E-state index contributed by atoms with van der Waals surface area (Å²) in [5.41, 5.74) is 2.33. The van der Waals surface area contributed by atoms with Crippen molar-refractivity contribution in [2.45, 2.75) is 0 Å². The molecule has 1 N–H and O–H groups in total. The highest BCUT2D eigenvalue weighted by molar-refractivity contribution is 6.16. The maximum atomic E-state index is 9.04. The van der Waals surface area contributed by atoms with Gasteiger partial charge in [-0.25, -0.2) is 0 Å². The maximum absolute atomic E-state index is 9.04. The largest absolute Gasteiger partial charge is 0.507 e. The number of para-hydroxylation sites is 1. The summed E-state index contributed by atoms with van der Waals surface area (Å²) in [4.78, 5) is 0. The molecule has 61 valence electrons. The van der Waals surface area contributed by atoms with Crippen molar-refractivity contribution >= 4 is 16.3 Å². The summed E-state index contributed by atoms with van der Waals surface area (Å²) >= 11 is 0. The van der Waals surface area contributed by atoms with Crippen LogP contribution in [-0.4, -0.2) is 15.3 Å². The van der Waals surface area contributed by atoms with Crippen LogP contribution in [0.1, 0.15) is 5.56 Å². The van der Waals surface area contributed by atoms with Crippen LogP contribution in [0.15, 0.2) is 43.1 Å². The summed E-state index contributed by atoms with van der Waals surface area (Å²) in [6.45, 7) is 6.81. The predicted octanol–water partition coefficient (Wildman–Crippen LogP) is 2.33. The van der Waals surface area contributed by atoms with Crippen molar-refractivity contribution in [2.75, 3.05) is 0 Å². The van der Waals surface area contributed by atoms with Crippen LogP contribution in [0.3, 0.4) is 0 Å². The second-order valence-electron chi connectivity index (χ2n) is 1.97. The first-order valence-corrected chi connectivity index (χ1v) is 4.02. The molecule has 0 aliphatic carbocycles. The van der Waals surface area contributed by atoms with E-state index in [9.17, 15) is 0 Å². The number of hydrogen-bond acceptors (Lipinski definition) is 1. The van der Waals surface area contributed by atoms with Crippen LogP contribution in [-0.2, 0) is 0 Å². The third-order valence-electron chi connectivity index (χ3n) is 1.16. The predicted molar refractivity (Wildman–Crippen MR) is 54.1 cm³/mol. The fourth-order valence-corrected chi connectivity index (χ4v) is 0.660. The van der Waals surface area contributed by atoms with Crippen LogP contribution in [0, 0.1) is 0 Å². The van der Waals surface area contributed by atoms with Gasteiger partial charge in [0.15, 0.2) is 0 Å². The standard InChI is InChI=1S/C8H8O.C2H3Si/c1-2-7-5-3-4-6-8(7)9;1-2-3/h2-6,9H,1H2;2H,1H2. The fraction of sp³-hybridized carbons (Fsp3) is 0. The minimum Gasteiger partial charge on any atom is -0.507 e. The van der Waals surface area contributed by atoms with Gasteiger partial charge < -0.3 is 5.11 Å². The molecule has 1 aromatic rings.